The fraction of sp³-hybridized carbons (Fsp3) is 0.222. The number of rotatable bonds is 3. The first kappa shape index (κ1) is 8.07. The second kappa shape index (κ2) is 3.45. The number of H-pyrrole nitrogens is 1. The molecule has 0 spiro atoms. The summed E-state index contributed by atoms with van der Waals surface area (Å²) in [4.78, 5) is 0. The Morgan fingerprint density at radius 1 is 1.46 bits per heavy atom. The zero-order valence-corrected chi connectivity index (χ0v) is 7.37. The molecular weight excluding hydrogens is 166 g/mol. The van der Waals surface area contributed by atoms with Crippen LogP contribution in [-0.4, -0.2) is 17.2 Å². The average Bonchev–Trinajstić information content (AvgIpc) is 2.70. The van der Waals surface area contributed by atoms with Gasteiger partial charge >= 0.3 is 0 Å². The van der Waals surface area contributed by atoms with Gasteiger partial charge in [-0.2, -0.15) is 5.10 Å². The van der Waals surface area contributed by atoms with Crippen molar-refractivity contribution in [3.8, 4) is 11.5 Å². The van der Waals surface area contributed by atoms with Crippen LogP contribution in [0.5, 0.6) is 0 Å². The molecule has 4 heteroatoms. The molecule has 2 N–H and O–H groups in total. The lowest BCUT2D eigenvalue weighted by Crippen LogP contribution is -2.03. The highest BCUT2D eigenvalue weighted by Gasteiger charge is 2.04. The molecule has 2 heterocycles. The third-order valence-electron chi connectivity index (χ3n) is 1.78. The molecule has 0 aliphatic carbocycles. The molecule has 0 aliphatic heterocycles. The van der Waals surface area contributed by atoms with Gasteiger partial charge in [-0.25, -0.2) is 0 Å². The molecule has 0 aromatic carbocycles. The summed E-state index contributed by atoms with van der Waals surface area (Å²) in [5, 5.41) is 9.72. The normalized spacial score (nSPS) is 10.5. The highest BCUT2D eigenvalue weighted by Crippen LogP contribution is 2.18. The first-order valence-corrected chi connectivity index (χ1v) is 4.13. The van der Waals surface area contributed by atoms with Gasteiger partial charge in [-0.15, -0.1) is 0 Å². The average molecular weight is 177 g/mol. The van der Waals surface area contributed by atoms with E-state index in [4.69, 9.17) is 4.42 Å². The standard InChI is InChI=1S/C9H11N3O/c1-10-6-7-2-3-9(13-7)8-4-5-11-12-8/h2-5,10H,6H2,1H3,(H,11,12). The van der Waals surface area contributed by atoms with Gasteiger partial charge in [0.2, 0.25) is 0 Å². The van der Waals surface area contributed by atoms with Crippen molar-refractivity contribution in [3.05, 3.63) is 30.2 Å². The Kier molecular flexibility index (Phi) is 2.14. The van der Waals surface area contributed by atoms with Gasteiger partial charge in [-0.1, -0.05) is 0 Å². The number of furan rings is 1. The number of nitrogens with zero attached hydrogens (tertiary/aromatic N) is 1. The summed E-state index contributed by atoms with van der Waals surface area (Å²) >= 11 is 0. The molecule has 2 rings (SSSR count). The summed E-state index contributed by atoms with van der Waals surface area (Å²) in [5.74, 6) is 1.75. The maximum Gasteiger partial charge on any atom is 0.152 e. The van der Waals surface area contributed by atoms with Gasteiger partial charge in [-0.05, 0) is 25.2 Å². The lowest BCUT2D eigenvalue weighted by Gasteiger charge is -1.93. The molecule has 0 unspecified atom stereocenters. The Hall–Kier alpha value is -1.55. The monoisotopic (exact) mass is 177 g/mol. The van der Waals surface area contributed by atoms with Crippen molar-refractivity contribution in [1.29, 1.82) is 0 Å². The zero-order chi connectivity index (χ0) is 9.10. The molecule has 4 nitrogen and oxygen atoms in total. The zero-order valence-electron chi connectivity index (χ0n) is 7.37. The molecule has 0 aliphatic rings. The van der Waals surface area contributed by atoms with E-state index in [2.05, 4.69) is 15.5 Å². The lowest BCUT2D eigenvalue weighted by atomic mass is 10.3. The number of aromatic nitrogens is 2. The van der Waals surface area contributed by atoms with Crippen LogP contribution in [0.4, 0.5) is 0 Å². The van der Waals surface area contributed by atoms with Crippen molar-refractivity contribution in [1.82, 2.24) is 15.5 Å². The maximum atomic E-state index is 5.53. The molecule has 0 bridgehead atoms. The van der Waals surface area contributed by atoms with Gasteiger partial charge in [0.05, 0.1) is 6.54 Å². The van der Waals surface area contributed by atoms with Gasteiger partial charge in [0.1, 0.15) is 11.5 Å². The Morgan fingerprint density at radius 2 is 2.38 bits per heavy atom. The Bertz CT molecular complexity index is 364. The number of nitrogens with one attached hydrogen (secondary N) is 2. The molecule has 0 radical (unpaired) electrons. The van der Waals surface area contributed by atoms with Crippen molar-refractivity contribution in [3.63, 3.8) is 0 Å². The molecule has 0 atom stereocenters. The van der Waals surface area contributed by atoms with Crippen LogP contribution in [0.3, 0.4) is 0 Å². The smallest absolute Gasteiger partial charge is 0.152 e. The molecule has 0 fully saturated rings. The number of hydrogen-bond donors (Lipinski definition) is 2. The number of aromatic amines is 1. The fourth-order valence-electron chi connectivity index (χ4n) is 1.19. The topological polar surface area (TPSA) is 53.9 Å². The van der Waals surface area contributed by atoms with Crippen molar-refractivity contribution in [2.45, 2.75) is 6.54 Å². The van der Waals surface area contributed by atoms with Crippen molar-refractivity contribution >= 4 is 0 Å². The predicted molar refractivity (Wildman–Crippen MR) is 49.1 cm³/mol. The molecule has 13 heavy (non-hydrogen) atoms. The van der Waals surface area contributed by atoms with Crippen LogP contribution in [0.15, 0.2) is 28.8 Å². The van der Waals surface area contributed by atoms with Crippen molar-refractivity contribution in [2.75, 3.05) is 7.05 Å². The van der Waals surface area contributed by atoms with Gasteiger partial charge in [-0.3, -0.25) is 5.10 Å². The quantitative estimate of drug-likeness (QED) is 0.744. The Labute approximate surface area is 76.0 Å². The lowest BCUT2D eigenvalue weighted by molar-refractivity contribution is 0.505. The van der Waals surface area contributed by atoms with E-state index < -0.39 is 0 Å². The first-order chi connectivity index (χ1) is 6.40. The molecular formula is C9H11N3O. The third-order valence-corrected chi connectivity index (χ3v) is 1.78. The van der Waals surface area contributed by atoms with E-state index in [1.165, 1.54) is 0 Å². The van der Waals surface area contributed by atoms with Crippen LogP contribution in [0.25, 0.3) is 11.5 Å². The third kappa shape index (κ3) is 1.62. The van der Waals surface area contributed by atoms with Gasteiger partial charge in [0.15, 0.2) is 5.76 Å². The summed E-state index contributed by atoms with van der Waals surface area (Å²) in [6, 6.07) is 5.76. The van der Waals surface area contributed by atoms with Crippen LogP contribution in [0.1, 0.15) is 5.76 Å². The highest BCUT2D eigenvalue weighted by atomic mass is 16.3. The second-order valence-electron chi connectivity index (χ2n) is 2.77. The van der Waals surface area contributed by atoms with Crippen LogP contribution < -0.4 is 5.32 Å². The van der Waals surface area contributed by atoms with Gasteiger partial charge in [0, 0.05) is 6.20 Å². The first-order valence-electron chi connectivity index (χ1n) is 4.13. The largest absolute Gasteiger partial charge is 0.458 e. The molecule has 0 amide bonds. The SMILES string of the molecule is CNCc1ccc(-c2ccn[nH]2)o1. The summed E-state index contributed by atoms with van der Waals surface area (Å²) in [6.07, 6.45) is 1.70. The predicted octanol–water partition coefficient (Wildman–Crippen LogP) is 1.39. The minimum Gasteiger partial charge on any atom is -0.458 e. The van der Waals surface area contributed by atoms with E-state index in [1.54, 1.807) is 6.20 Å². The highest BCUT2D eigenvalue weighted by molar-refractivity contribution is 5.51. The van der Waals surface area contributed by atoms with E-state index in [-0.39, 0.29) is 0 Å². The minimum absolute atomic E-state index is 0.744. The summed E-state index contributed by atoms with van der Waals surface area (Å²) in [5.41, 5.74) is 0.905. The molecule has 0 saturated heterocycles. The van der Waals surface area contributed by atoms with E-state index in [9.17, 15) is 0 Å². The molecule has 0 saturated carbocycles. The molecule has 2 aromatic rings. The van der Waals surface area contributed by atoms with E-state index in [0.717, 1.165) is 23.8 Å². The molecule has 68 valence electrons. The van der Waals surface area contributed by atoms with E-state index >= 15 is 0 Å². The van der Waals surface area contributed by atoms with E-state index in [0.29, 0.717) is 0 Å². The van der Waals surface area contributed by atoms with Crippen LogP contribution in [0, 0.1) is 0 Å². The van der Waals surface area contributed by atoms with Crippen molar-refractivity contribution in [2.24, 2.45) is 0 Å². The van der Waals surface area contributed by atoms with Crippen molar-refractivity contribution < 1.29 is 4.42 Å². The van der Waals surface area contributed by atoms with Gasteiger partial charge < -0.3 is 9.73 Å². The van der Waals surface area contributed by atoms with Crippen LogP contribution in [-0.2, 0) is 6.54 Å². The molecule has 2 aromatic heterocycles. The van der Waals surface area contributed by atoms with Gasteiger partial charge in [0.25, 0.3) is 0 Å². The van der Waals surface area contributed by atoms with Crippen LogP contribution >= 0.6 is 0 Å². The Morgan fingerprint density at radius 3 is 3.08 bits per heavy atom. The van der Waals surface area contributed by atoms with Crippen LogP contribution in [0.2, 0.25) is 0 Å². The maximum absolute atomic E-state index is 5.53. The summed E-state index contributed by atoms with van der Waals surface area (Å²) in [7, 11) is 1.89. The number of hydrogen-bond acceptors (Lipinski definition) is 3. The minimum atomic E-state index is 0.744. The second-order valence-corrected chi connectivity index (χ2v) is 2.77. The summed E-state index contributed by atoms with van der Waals surface area (Å²) < 4.78 is 5.53. The summed E-state index contributed by atoms with van der Waals surface area (Å²) in [6.45, 7) is 0.744. The Balaban J connectivity index is 2.23. The van der Waals surface area contributed by atoms with E-state index in [1.807, 2.05) is 25.2 Å². The fourth-order valence-corrected chi connectivity index (χ4v) is 1.19.